The van der Waals surface area contributed by atoms with E-state index in [1.807, 2.05) is 18.7 Å². The second-order valence-electron chi connectivity index (χ2n) is 8.21. The fraction of sp³-hybridized carbons (Fsp3) is 0.409. The highest BCUT2D eigenvalue weighted by atomic mass is 32.2. The number of hydrogen-bond donors (Lipinski definition) is 1. The van der Waals surface area contributed by atoms with Crippen LogP contribution in [0.4, 0.5) is 21.5 Å². The summed E-state index contributed by atoms with van der Waals surface area (Å²) in [4.78, 5) is 14.6. The first-order valence-electron chi connectivity index (χ1n) is 10.2. The third-order valence-corrected chi connectivity index (χ3v) is 6.74. The number of amides is 1. The minimum atomic E-state index is -3.34. The topological polar surface area (TPSA) is 79.0 Å². The number of nitrogens with one attached hydrogen (secondary N) is 1. The molecule has 31 heavy (non-hydrogen) atoms. The van der Waals surface area contributed by atoms with E-state index >= 15 is 0 Å². The number of anilines is 3. The van der Waals surface area contributed by atoms with Gasteiger partial charge in [-0.2, -0.15) is 0 Å². The molecule has 0 bridgehead atoms. The smallest absolute Gasteiger partial charge is 0.255 e. The predicted molar refractivity (Wildman–Crippen MR) is 119 cm³/mol. The summed E-state index contributed by atoms with van der Waals surface area (Å²) in [5, 5.41) is 2.73. The Hall–Kier alpha value is -2.65. The Kier molecular flexibility index (Phi) is 5.65. The molecular formula is C22H26FN3O4S. The molecule has 0 saturated carbocycles. The van der Waals surface area contributed by atoms with Crippen molar-refractivity contribution in [2.24, 2.45) is 0 Å². The third-order valence-electron chi connectivity index (χ3n) is 5.56. The first-order chi connectivity index (χ1) is 14.6. The van der Waals surface area contributed by atoms with Crippen LogP contribution in [-0.4, -0.2) is 52.4 Å². The molecule has 4 rings (SSSR count). The lowest BCUT2D eigenvalue weighted by Crippen LogP contribution is -2.45. The van der Waals surface area contributed by atoms with Gasteiger partial charge < -0.3 is 15.0 Å². The van der Waals surface area contributed by atoms with Crippen molar-refractivity contribution in [3.8, 4) is 0 Å². The Bertz CT molecular complexity index is 1110. The zero-order chi connectivity index (χ0) is 22.3. The molecule has 2 atom stereocenters. The van der Waals surface area contributed by atoms with Gasteiger partial charge in [0.05, 0.1) is 29.8 Å². The predicted octanol–water partition coefficient (Wildman–Crippen LogP) is 3.01. The Morgan fingerprint density at radius 2 is 1.77 bits per heavy atom. The van der Waals surface area contributed by atoms with Crippen LogP contribution in [0.25, 0.3) is 0 Å². The number of carbonyl (C=O) groups is 1. The Morgan fingerprint density at radius 3 is 2.42 bits per heavy atom. The molecule has 2 aliphatic heterocycles. The number of sulfonamides is 1. The van der Waals surface area contributed by atoms with Crippen molar-refractivity contribution in [2.45, 2.75) is 32.5 Å². The molecule has 0 radical (unpaired) electrons. The van der Waals surface area contributed by atoms with Gasteiger partial charge in [-0.15, -0.1) is 0 Å². The van der Waals surface area contributed by atoms with Crippen LogP contribution in [0.1, 0.15) is 29.8 Å². The fourth-order valence-electron chi connectivity index (χ4n) is 4.28. The molecule has 0 aliphatic carbocycles. The van der Waals surface area contributed by atoms with Gasteiger partial charge in [0.2, 0.25) is 10.0 Å². The lowest BCUT2D eigenvalue weighted by Gasteiger charge is -2.37. The number of rotatable bonds is 4. The molecule has 2 aromatic carbocycles. The first-order valence-corrected chi connectivity index (χ1v) is 12.1. The van der Waals surface area contributed by atoms with Crippen molar-refractivity contribution < 1.29 is 22.3 Å². The van der Waals surface area contributed by atoms with Crippen molar-refractivity contribution in [2.75, 3.05) is 40.4 Å². The SMILES string of the molecule is CC1CN(c2ccc(NC(=O)c3ccc4c(c3)CCN4S(C)(=O)=O)cc2F)CC(C)O1. The van der Waals surface area contributed by atoms with E-state index in [2.05, 4.69) is 5.32 Å². The number of fused-ring (bicyclic) bond motifs is 1. The van der Waals surface area contributed by atoms with Crippen LogP contribution >= 0.6 is 0 Å². The normalized spacial score (nSPS) is 21.2. The minimum absolute atomic E-state index is 0.0148. The lowest BCUT2D eigenvalue weighted by molar-refractivity contribution is -0.00539. The number of hydrogen-bond acceptors (Lipinski definition) is 5. The largest absolute Gasteiger partial charge is 0.372 e. The van der Waals surface area contributed by atoms with Crippen molar-refractivity contribution >= 4 is 33.0 Å². The molecule has 2 aromatic rings. The van der Waals surface area contributed by atoms with E-state index in [-0.39, 0.29) is 18.1 Å². The summed E-state index contributed by atoms with van der Waals surface area (Å²) in [5.74, 6) is -0.779. The fourth-order valence-corrected chi connectivity index (χ4v) is 5.23. The number of carbonyl (C=O) groups excluding carboxylic acids is 1. The van der Waals surface area contributed by atoms with E-state index in [0.717, 1.165) is 5.56 Å². The molecule has 166 valence electrons. The van der Waals surface area contributed by atoms with Crippen molar-refractivity contribution in [1.29, 1.82) is 0 Å². The van der Waals surface area contributed by atoms with Gasteiger partial charge in [-0.05, 0) is 62.2 Å². The highest BCUT2D eigenvalue weighted by molar-refractivity contribution is 7.92. The third kappa shape index (κ3) is 4.52. The van der Waals surface area contributed by atoms with Crippen molar-refractivity contribution in [1.82, 2.24) is 0 Å². The van der Waals surface area contributed by atoms with Gasteiger partial charge in [-0.1, -0.05) is 0 Å². The number of benzene rings is 2. The summed E-state index contributed by atoms with van der Waals surface area (Å²) in [5.41, 5.74) is 2.64. The summed E-state index contributed by atoms with van der Waals surface area (Å²) in [6.45, 7) is 5.49. The molecule has 2 unspecified atom stereocenters. The zero-order valence-corrected chi connectivity index (χ0v) is 18.6. The van der Waals surface area contributed by atoms with Crippen LogP contribution in [-0.2, 0) is 21.2 Å². The molecule has 1 saturated heterocycles. The lowest BCUT2D eigenvalue weighted by atomic mass is 10.1. The molecule has 1 N–H and O–H groups in total. The van der Waals surface area contributed by atoms with Gasteiger partial charge in [0.1, 0.15) is 5.82 Å². The van der Waals surface area contributed by atoms with Gasteiger partial charge in [0.25, 0.3) is 5.91 Å². The van der Waals surface area contributed by atoms with Gasteiger partial charge in [0.15, 0.2) is 0 Å². The first kappa shape index (κ1) is 21.6. The highest BCUT2D eigenvalue weighted by Crippen LogP contribution is 2.31. The van der Waals surface area contributed by atoms with E-state index in [9.17, 15) is 17.6 Å². The van der Waals surface area contributed by atoms with E-state index in [4.69, 9.17) is 4.74 Å². The van der Waals surface area contributed by atoms with Crippen LogP contribution in [0.2, 0.25) is 0 Å². The molecular weight excluding hydrogens is 421 g/mol. The molecule has 2 aliphatic rings. The van der Waals surface area contributed by atoms with E-state index in [0.29, 0.717) is 48.7 Å². The molecule has 2 heterocycles. The van der Waals surface area contributed by atoms with Crippen molar-refractivity contribution in [3.05, 3.63) is 53.3 Å². The van der Waals surface area contributed by atoms with E-state index < -0.39 is 15.8 Å². The minimum Gasteiger partial charge on any atom is -0.372 e. The maximum Gasteiger partial charge on any atom is 0.255 e. The molecule has 0 spiro atoms. The molecule has 9 heteroatoms. The van der Waals surface area contributed by atoms with Crippen LogP contribution in [0.5, 0.6) is 0 Å². The van der Waals surface area contributed by atoms with Gasteiger partial charge in [0, 0.05) is 30.9 Å². The highest BCUT2D eigenvalue weighted by Gasteiger charge is 2.27. The standard InChI is InChI=1S/C22H26FN3O4S/c1-14-12-25(13-15(2)30-14)21-7-5-18(11-19(21)23)24-22(27)17-4-6-20-16(10-17)8-9-26(20)31(3,28)29/h4-7,10-11,14-15H,8-9,12-13H2,1-3H3,(H,24,27). The van der Waals surface area contributed by atoms with Crippen molar-refractivity contribution in [3.63, 3.8) is 0 Å². The molecule has 1 fully saturated rings. The van der Waals surface area contributed by atoms with Gasteiger partial charge in [-0.3, -0.25) is 9.10 Å². The quantitative estimate of drug-likeness (QED) is 0.780. The summed E-state index contributed by atoms with van der Waals surface area (Å²) in [6, 6.07) is 9.58. The monoisotopic (exact) mass is 447 g/mol. The molecule has 7 nitrogen and oxygen atoms in total. The summed E-state index contributed by atoms with van der Waals surface area (Å²) < 4.78 is 45.6. The van der Waals surface area contributed by atoms with E-state index in [1.165, 1.54) is 16.6 Å². The van der Waals surface area contributed by atoms with Crippen LogP contribution in [0.15, 0.2) is 36.4 Å². The van der Waals surface area contributed by atoms with Crippen LogP contribution < -0.4 is 14.5 Å². The summed E-state index contributed by atoms with van der Waals surface area (Å²) in [6.07, 6.45) is 1.74. The Morgan fingerprint density at radius 1 is 1.10 bits per heavy atom. The Labute approximate surface area is 181 Å². The number of ether oxygens (including phenoxy) is 1. The van der Waals surface area contributed by atoms with Crippen LogP contribution in [0, 0.1) is 5.82 Å². The second-order valence-corrected chi connectivity index (χ2v) is 10.1. The number of morpholine rings is 1. The Balaban J connectivity index is 1.49. The summed E-state index contributed by atoms with van der Waals surface area (Å²) in [7, 11) is -3.34. The average molecular weight is 448 g/mol. The maximum atomic E-state index is 14.8. The number of nitrogens with zero attached hydrogens (tertiary/aromatic N) is 2. The van der Waals surface area contributed by atoms with Crippen LogP contribution in [0.3, 0.4) is 0 Å². The number of halogens is 1. The maximum absolute atomic E-state index is 14.8. The molecule has 1 amide bonds. The second kappa shape index (κ2) is 8.12. The van der Waals surface area contributed by atoms with Gasteiger partial charge in [-0.25, -0.2) is 12.8 Å². The zero-order valence-electron chi connectivity index (χ0n) is 17.8. The molecule has 0 aromatic heterocycles. The van der Waals surface area contributed by atoms with E-state index in [1.54, 1.807) is 30.3 Å². The average Bonchev–Trinajstić information content (AvgIpc) is 3.11. The van der Waals surface area contributed by atoms with Gasteiger partial charge >= 0.3 is 0 Å². The summed E-state index contributed by atoms with van der Waals surface area (Å²) >= 11 is 0.